The number of likely N-dealkylation sites (N-methyl/N-ethyl adjacent to an activating group) is 1. The quantitative estimate of drug-likeness (QED) is 0.166. The van der Waals surface area contributed by atoms with Crippen LogP contribution in [0.4, 0.5) is 0 Å². The molecule has 1 heterocycles. The Morgan fingerprint density at radius 2 is 1.70 bits per heavy atom. The third kappa shape index (κ3) is 11.4. The summed E-state index contributed by atoms with van der Waals surface area (Å²) in [6, 6.07) is 8.07. The average molecular weight is 701 g/mol. The number of likely N-dealkylation sites (tertiary alicyclic amines) is 1. The van der Waals surface area contributed by atoms with Crippen molar-refractivity contribution in [1.82, 2.24) is 15.1 Å². The zero-order valence-corrected chi connectivity index (χ0v) is 32.1. The smallest absolute Gasteiger partial charge is 0.226 e. The summed E-state index contributed by atoms with van der Waals surface area (Å²) in [5.74, 6) is -2.26. The SMILES string of the molecule is C=C(O)C(Cc1ccccc1)NC(=O)C(C)C(OC)C1CCCN1C(=O)CC(OC)C(C(C)CC)N(C)C(=O)C(CC(=O)C(C)(C)N)C(C)C. The van der Waals surface area contributed by atoms with Crippen LogP contribution in [0.1, 0.15) is 86.1 Å². The van der Waals surface area contributed by atoms with Crippen LogP contribution in [0.2, 0.25) is 0 Å². The first kappa shape index (κ1) is 42.9. The van der Waals surface area contributed by atoms with Crippen molar-refractivity contribution in [2.75, 3.05) is 27.8 Å². The van der Waals surface area contributed by atoms with E-state index < -0.39 is 41.7 Å². The van der Waals surface area contributed by atoms with Gasteiger partial charge in [-0.05, 0) is 50.5 Å². The molecule has 0 radical (unpaired) electrons. The fourth-order valence-corrected chi connectivity index (χ4v) is 7.04. The second-order valence-corrected chi connectivity index (χ2v) is 15.0. The minimum atomic E-state index is -1.05. The summed E-state index contributed by atoms with van der Waals surface area (Å²) in [5.41, 5.74) is 5.97. The van der Waals surface area contributed by atoms with Gasteiger partial charge >= 0.3 is 0 Å². The van der Waals surface area contributed by atoms with Crippen molar-refractivity contribution in [3.63, 3.8) is 0 Å². The number of nitrogens with two attached hydrogens (primary N) is 1. The highest BCUT2D eigenvalue weighted by Crippen LogP contribution is 2.31. The first-order chi connectivity index (χ1) is 23.4. The number of hydrogen-bond acceptors (Lipinski definition) is 8. The molecular formula is C39H64N4O7. The van der Waals surface area contributed by atoms with Crippen molar-refractivity contribution in [3.8, 4) is 0 Å². The first-order valence-corrected chi connectivity index (χ1v) is 18.0. The second-order valence-electron chi connectivity index (χ2n) is 15.0. The van der Waals surface area contributed by atoms with Crippen LogP contribution in [-0.2, 0) is 35.1 Å². The maximum absolute atomic E-state index is 14.1. The molecule has 1 saturated heterocycles. The van der Waals surface area contributed by atoms with Gasteiger partial charge in [-0.25, -0.2) is 0 Å². The van der Waals surface area contributed by atoms with Crippen LogP contribution in [0.15, 0.2) is 42.7 Å². The molecule has 1 fully saturated rings. The molecule has 1 aromatic carbocycles. The predicted octanol–water partition coefficient (Wildman–Crippen LogP) is 4.67. The molecule has 0 spiro atoms. The minimum Gasteiger partial charge on any atom is -0.511 e. The van der Waals surface area contributed by atoms with Crippen LogP contribution >= 0.6 is 0 Å². The van der Waals surface area contributed by atoms with Gasteiger partial charge in [-0.2, -0.15) is 0 Å². The van der Waals surface area contributed by atoms with Crippen molar-refractivity contribution >= 4 is 23.5 Å². The third-order valence-corrected chi connectivity index (χ3v) is 10.5. The Bertz CT molecular complexity index is 1280. The summed E-state index contributed by atoms with van der Waals surface area (Å²) < 4.78 is 11.9. The number of aliphatic hydroxyl groups excluding tert-OH is 1. The second kappa shape index (κ2) is 19.4. The van der Waals surface area contributed by atoms with Gasteiger partial charge in [0.15, 0.2) is 5.78 Å². The molecule has 11 heteroatoms. The van der Waals surface area contributed by atoms with Crippen molar-refractivity contribution in [3.05, 3.63) is 48.2 Å². The fourth-order valence-electron chi connectivity index (χ4n) is 7.04. The number of aliphatic hydroxyl groups is 1. The Balaban J connectivity index is 2.26. The zero-order valence-electron chi connectivity index (χ0n) is 32.1. The van der Waals surface area contributed by atoms with E-state index in [1.807, 2.05) is 58.0 Å². The van der Waals surface area contributed by atoms with Gasteiger partial charge in [0.05, 0.1) is 48.2 Å². The van der Waals surface area contributed by atoms with E-state index in [2.05, 4.69) is 11.9 Å². The van der Waals surface area contributed by atoms with Gasteiger partial charge in [-0.3, -0.25) is 19.2 Å². The molecule has 0 aliphatic carbocycles. The van der Waals surface area contributed by atoms with Crippen molar-refractivity contribution in [1.29, 1.82) is 0 Å². The molecule has 8 atom stereocenters. The summed E-state index contributed by atoms with van der Waals surface area (Å²) in [5, 5.41) is 13.2. The Hall–Kier alpha value is -3.28. The van der Waals surface area contributed by atoms with E-state index in [0.29, 0.717) is 19.4 Å². The highest BCUT2D eigenvalue weighted by molar-refractivity contribution is 5.92. The van der Waals surface area contributed by atoms with Crippen LogP contribution in [0.3, 0.4) is 0 Å². The molecule has 282 valence electrons. The number of methoxy groups -OCH3 is 2. The Morgan fingerprint density at radius 1 is 1.08 bits per heavy atom. The van der Waals surface area contributed by atoms with E-state index in [1.54, 1.807) is 51.8 Å². The molecule has 0 aromatic heterocycles. The summed E-state index contributed by atoms with van der Waals surface area (Å²) in [7, 11) is 4.83. The van der Waals surface area contributed by atoms with Crippen LogP contribution in [0.5, 0.6) is 0 Å². The van der Waals surface area contributed by atoms with E-state index in [-0.39, 0.29) is 60.0 Å². The number of amides is 3. The highest BCUT2D eigenvalue weighted by Gasteiger charge is 2.43. The van der Waals surface area contributed by atoms with Gasteiger partial charge in [-0.15, -0.1) is 0 Å². The van der Waals surface area contributed by atoms with E-state index >= 15 is 0 Å². The molecule has 3 amide bonds. The Kier molecular flexibility index (Phi) is 16.6. The average Bonchev–Trinajstić information content (AvgIpc) is 3.55. The monoisotopic (exact) mass is 700 g/mol. The molecule has 1 aromatic rings. The maximum Gasteiger partial charge on any atom is 0.226 e. The van der Waals surface area contributed by atoms with E-state index in [1.165, 1.54) is 0 Å². The van der Waals surface area contributed by atoms with E-state index in [9.17, 15) is 24.3 Å². The normalized spacial score (nSPS) is 19.2. The molecular weight excluding hydrogens is 636 g/mol. The van der Waals surface area contributed by atoms with Crippen LogP contribution in [0.25, 0.3) is 0 Å². The lowest BCUT2D eigenvalue weighted by Gasteiger charge is -2.41. The number of rotatable bonds is 20. The molecule has 1 aliphatic rings. The summed E-state index contributed by atoms with van der Waals surface area (Å²) in [6.45, 7) is 17.2. The number of ether oxygens (including phenoxy) is 2. The molecule has 4 N–H and O–H groups in total. The van der Waals surface area contributed by atoms with Crippen LogP contribution < -0.4 is 11.1 Å². The third-order valence-electron chi connectivity index (χ3n) is 10.5. The number of hydrogen-bond donors (Lipinski definition) is 3. The number of nitrogens with one attached hydrogen (secondary N) is 1. The summed E-state index contributed by atoms with van der Waals surface area (Å²) in [4.78, 5) is 58.0. The summed E-state index contributed by atoms with van der Waals surface area (Å²) >= 11 is 0. The van der Waals surface area contributed by atoms with E-state index in [4.69, 9.17) is 15.2 Å². The topological polar surface area (TPSA) is 152 Å². The number of Topliss-reactive ketones (excluding diaryl/α,β-unsaturated/α-hetero) is 1. The number of carbonyl (C=O) groups is 4. The van der Waals surface area contributed by atoms with Crippen molar-refractivity contribution < 1.29 is 33.8 Å². The fraction of sp³-hybridized carbons (Fsp3) is 0.692. The number of ketones is 1. The van der Waals surface area contributed by atoms with Gasteiger partial charge in [-0.1, -0.05) is 78.0 Å². The molecule has 11 nitrogen and oxygen atoms in total. The lowest BCUT2D eigenvalue weighted by atomic mass is 9.83. The van der Waals surface area contributed by atoms with Crippen molar-refractivity contribution in [2.24, 2.45) is 29.4 Å². The van der Waals surface area contributed by atoms with E-state index in [0.717, 1.165) is 18.4 Å². The van der Waals surface area contributed by atoms with Gasteiger partial charge in [0, 0.05) is 40.2 Å². The largest absolute Gasteiger partial charge is 0.511 e. The molecule has 2 rings (SSSR count). The van der Waals surface area contributed by atoms with Gasteiger partial charge in [0.25, 0.3) is 0 Å². The summed E-state index contributed by atoms with van der Waals surface area (Å²) in [6.07, 6.45) is 1.39. The molecule has 50 heavy (non-hydrogen) atoms. The first-order valence-electron chi connectivity index (χ1n) is 18.0. The maximum atomic E-state index is 14.1. The predicted molar refractivity (Wildman–Crippen MR) is 196 cm³/mol. The molecule has 1 aliphatic heterocycles. The van der Waals surface area contributed by atoms with Crippen LogP contribution in [0, 0.1) is 23.7 Å². The standard InChI is InChI=1S/C39H64N4O7/c1-12-25(4)35(42(9)38(48)29(24(2)3)22-33(45)39(7,8)40)32(49-10)23-34(46)43-20-16-19-31(43)36(50-11)26(5)37(47)41-30(27(6)44)21-28-17-14-13-15-18-28/h13-15,17-18,24-26,29-32,35-36,44H,6,12,16,19-23,40H2,1-5,7-11H3,(H,41,47). The van der Waals surface area contributed by atoms with Gasteiger partial charge in [0.2, 0.25) is 17.7 Å². The Labute approximate surface area is 300 Å². The minimum absolute atomic E-state index is 0.00825. The lowest BCUT2D eigenvalue weighted by Crippen LogP contribution is -2.55. The lowest BCUT2D eigenvalue weighted by molar-refractivity contribution is -0.149. The van der Waals surface area contributed by atoms with Gasteiger partial charge < -0.3 is 35.4 Å². The zero-order chi connectivity index (χ0) is 37.9. The Morgan fingerprint density at radius 3 is 2.20 bits per heavy atom. The van der Waals surface area contributed by atoms with Gasteiger partial charge in [0.1, 0.15) is 5.76 Å². The molecule has 8 unspecified atom stereocenters. The molecule has 0 saturated carbocycles. The number of benzene rings is 1. The molecule has 0 bridgehead atoms. The van der Waals surface area contributed by atoms with Crippen LogP contribution in [-0.4, -0.2) is 102 Å². The highest BCUT2D eigenvalue weighted by atomic mass is 16.5. The number of carbonyl (C=O) groups excluding carboxylic acids is 4. The van der Waals surface area contributed by atoms with Crippen molar-refractivity contribution in [2.45, 2.75) is 123 Å². The number of nitrogens with zero attached hydrogens (tertiary/aromatic N) is 2.